The third-order valence-corrected chi connectivity index (χ3v) is 2.73. The smallest absolute Gasteiger partial charge is 0.234 e. The summed E-state index contributed by atoms with van der Waals surface area (Å²) in [4.78, 5) is 13.1. The molecule has 0 atom stereocenters. The van der Waals surface area contributed by atoms with Crippen LogP contribution in [-0.2, 0) is 4.79 Å². The van der Waals surface area contributed by atoms with Gasteiger partial charge >= 0.3 is 0 Å². The molecule has 13 heavy (non-hydrogen) atoms. The molecule has 1 saturated heterocycles. The van der Waals surface area contributed by atoms with Crippen LogP contribution in [0.25, 0.3) is 0 Å². The fourth-order valence-corrected chi connectivity index (χ4v) is 1.71. The van der Waals surface area contributed by atoms with Gasteiger partial charge in [-0.05, 0) is 12.8 Å². The Kier molecular flexibility index (Phi) is 1.97. The second-order valence-electron chi connectivity index (χ2n) is 3.95. The molecule has 2 fully saturated rings. The summed E-state index contributed by atoms with van der Waals surface area (Å²) in [5.41, 5.74) is -0.113. The average Bonchev–Trinajstić information content (AvgIpc) is 2.86. The van der Waals surface area contributed by atoms with Gasteiger partial charge in [-0.25, -0.2) is 0 Å². The monoisotopic (exact) mass is 179 g/mol. The number of carbonyl (C=O) groups excluding carboxylic acids is 1. The quantitative estimate of drug-likeness (QED) is 0.634. The number of nitrogens with one attached hydrogen (secondary N) is 1. The summed E-state index contributed by atoms with van der Waals surface area (Å²) in [7, 11) is 0. The molecule has 1 amide bonds. The van der Waals surface area contributed by atoms with E-state index < -0.39 is 0 Å². The van der Waals surface area contributed by atoms with Gasteiger partial charge < -0.3 is 5.32 Å². The molecular weight excluding hydrogens is 166 g/mol. The third-order valence-electron chi connectivity index (χ3n) is 2.73. The van der Waals surface area contributed by atoms with Crippen molar-refractivity contribution >= 4 is 5.91 Å². The Morgan fingerprint density at radius 3 is 2.92 bits per heavy atom. The topological polar surface area (TPSA) is 56.1 Å². The van der Waals surface area contributed by atoms with E-state index in [2.05, 4.69) is 16.3 Å². The highest BCUT2D eigenvalue weighted by Gasteiger charge is 2.44. The summed E-state index contributed by atoms with van der Waals surface area (Å²) in [6.07, 6.45) is 2.00. The van der Waals surface area contributed by atoms with Crippen molar-refractivity contribution in [3.63, 3.8) is 0 Å². The Morgan fingerprint density at radius 1 is 1.62 bits per heavy atom. The molecule has 0 spiro atoms. The summed E-state index contributed by atoms with van der Waals surface area (Å²) >= 11 is 0. The molecule has 0 bridgehead atoms. The van der Waals surface area contributed by atoms with E-state index in [-0.39, 0.29) is 11.3 Å². The lowest BCUT2D eigenvalue weighted by molar-refractivity contribution is -0.124. The largest absolute Gasteiger partial charge is 0.354 e. The lowest BCUT2D eigenvalue weighted by Crippen LogP contribution is -2.49. The summed E-state index contributed by atoms with van der Waals surface area (Å²) in [5, 5.41) is 11.6. The van der Waals surface area contributed by atoms with Crippen LogP contribution < -0.4 is 5.32 Å². The molecule has 4 nitrogen and oxygen atoms in total. The van der Waals surface area contributed by atoms with Gasteiger partial charge in [0.1, 0.15) is 0 Å². The van der Waals surface area contributed by atoms with Crippen molar-refractivity contribution in [3.05, 3.63) is 0 Å². The molecule has 1 aliphatic carbocycles. The van der Waals surface area contributed by atoms with Crippen LogP contribution in [0.15, 0.2) is 0 Å². The van der Waals surface area contributed by atoms with Gasteiger partial charge in [-0.1, -0.05) is 0 Å². The summed E-state index contributed by atoms with van der Waals surface area (Å²) in [6, 6.07) is 2.34. The van der Waals surface area contributed by atoms with E-state index in [4.69, 9.17) is 5.26 Å². The van der Waals surface area contributed by atoms with Crippen LogP contribution >= 0.6 is 0 Å². The second-order valence-corrected chi connectivity index (χ2v) is 3.95. The highest BCUT2D eigenvalue weighted by atomic mass is 16.2. The molecular formula is C9H13N3O. The number of nitrogens with zero attached hydrogens (tertiary/aromatic N) is 2. The number of piperazine rings is 1. The highest BCUT2D eigenvalue weighted by molar-refractivity contribution is 5.78. The number of amides is 1. The van der Waals surface area contributed by atoms with Crippen molar-refractivity contribution in [2.75, 3.05) is 26.2 Å². The summed E-state index contributed by atoms with van der Waals surface area (Å²) in [6.45, 7) is 2.84. The van der Waals surface area contributed by atoms with Gasteiger partial charge in [0.15, 0.2) is 0 Å². The van der Waals surface area contributed by atoms with Gasteiger partial charge in [0, 0.05) is 19.6 Å². The lowest BCUT2D eigenvalue weighted by Gasteiger charge is -2.27. The van der Waals surface area contributed by atoms with E-state index in [9.17, 15) is 4.79 Å². The van der Waals surface area contributed by atoms with Crippen molar-refractivity contribution in [3.8, 4) is 6.07 Å². The minimum Gasteiger partial charge on any atom is -0.354 e. The number of carbonyl (C=O) groups is 1. The second kappa shape index (κ2) is 3.00. The summed E-state index contributed by atoms with van der Waals surface area (Å²) in [5.74, 6) is 0.0833. The van der Waals surface area contributed by atoms with E-state index in [1.54, 1.807) is 0 Å². The number of hydrogen-bond acceptors (Lipinski definition) is 3. The zero-order valence-electron chi connectivity index (χ0n) is 7.55. The number of rotatable bonds is 2. The maximum absolute atomic E-state index is 11.0. The third kappa shape index (κ3) is 1.81. The number of nitriles is 1. The minimum atomic E-state index is -0.113. The predicted molar refractivity (Wildman–Crippen MR) is 46.7 cm³/mol. The lowest BCUT2D eigenvalue weighted by atomic mass is 10.1. The molecule has 0 unspecified atom stereocenters. The Labute approximate surface area is 77.5 Å². The zero-order valence-corrected chi connectivity index (χ0v) is 7.55. The van der Waals surface area contributed by atoms with Crippen molar-refractivity contribution in [2.24, 2.45) is 5.41 Å². The number of hydrogen-bond donors (Lipinski definition) is 1. The fourth-order valence-electron chi connectivity index (χ4n) is 1.71. The first kappa shape index (κ1) is 8.52. The van der Waals surface area contributed by atoms with Crippen molar-refractivity contribution in [2.45, 2.75) is 12.8 Å². The Bertz CT molecular complexity index is 265. The van der Waals surface area contributed by atoms with E-state index >= 15 is 0 Å². The van der Waals surface area contributed by atoms with E-state index in [1.165, 1.54) is 0 Å². The van der Waals surface area contributed by atoms with Crippen LogP contribution in [0, 0.1) is 16.7 Å². The highest BCUT2D eigenvalue weighted by Crippen LogP contribution is 2.45. The zero-order chi connectivity index (χ0) is 9.31. The Hall–Kier alpha value is -1.08. The van der Waals surface area contributed by atoms with E-state index in [0.29, 0.717) is 6.54 Å². The SMILES string of the molecule is N#CC1(CN2CCNC(=O)C2)CC1. The molecule has 70 valence electrons. The van der Waals surface area contributed by atoms with Crippen LogP contribution in [0.1, 0.15) is 12.8 Å². The molecule has 1 aliphatic heterocycles. The van der Waals surface area contributed by atoms with E-state index in [0.717, 1.165) is 32.5 Å². The van der Waals surface area contributed by atoms with E-state index in [1.807, 2.05) is 0 Å². The maximum atomic E-state index is 11.0. The minimum absolute atomic E-state index is 0.0833. The molecule has 0 aromatic heterocycles. The molecule has 1 N–H and O–H groups in total. The standard InChI is InChI=1S/C9H13N3O/c10-6-9(1-2-9)7-12-4-3-11-8(13)5-12/h1-5,7H2,(H,11,13). The van der Waals surface area contributed by atoms with Gasteiger partial charge in [0.05, 0.1) is 18.0 Å². The molecule has 1 heterocycles. The van der Waals surface area contributed by atoms with Gasteiger partial charge in [-0.2, -0.15) is 5.26 Å². The van der Waals surface area contributed by atoms with Crippen LogP contribution in [0.3, 0.4) is 0 Å². The Morgan fingerprint density at radius 2 is 2.38 bits per heavy atom. The fraction of sp³-hybridized carbons (Fsp3) is 0.778. The van der Waals surface area contributed by atoms with Gasteiger partial charge in [-0.3, -0.25) is 9.69 Å². The molecule has 0 radical (unpaired) electrons. The van der Waals surface area contributed by atoms with Gasteiger partial charge in [-0.15, -0.1) is 0 Å². The molecule has 2 rings (SSSR count). The predicted octanol–water partition coefficient (Wildman–Crippen LogP) is -0.278. The normalized spacial score (nSPS) is 26.2. The molecule has 0 aromatic carbocycles. The van der Waals surface area contributed by atoms with Crippen LogP contribution in [0.4, 0.5) is 0 Å². The summed E-state index contributed by atoms with van der Waals surface area (Å²) < 4.78 is 0. The van der Waals surface area contributed by atoms with Crippen molar-refractivity contribution in [1.82, 2.24) is 10.2 Å². The molecule has 4 heteroatoms. The molecule has 0 aromatic rings. The van der Waals surface area contributed by atoms with Gasteiger partial charge in [0.2, 0.25) is 5.91 Å². The molecule has 1 saturated carbocycles. The maximum Gasteiger partial charge on any atom is 0.234 e. The van der Waals surface area contributed by atoms with Crippen molar-refractivity contribution in [1.29, 1.82) is 5.26 Å². The van der Waals surface area contributed by atoms with Crippen molar-refractivity contribution < 1.29 is 4.79 Å². The Balaban J connectivity index is 1.88. The first-order valence-electron chi connectivity index (χ1n) is 4.64. The van der Waals surface area contributed by atoms with Crippen LogP contribution in [0.5, 0.6) is 0 Å². The first-order valence-corrected chi connectivity index (χ1v) is 4.64. The molecule has 2 aliphatic rings. The van der Waals surface area contributed by atoms with Crippen LogP contribution in [0.2, 0.25) is 0 Å². The van der Waals surface area contributed by atoms with Crippen LogP contribution in [-0.4, -0.2) is 37.0 Å². The van der Waals surface area contributed by atoms with Gasteiger partial charge in [0.25, 0.3) is 0 Å². The average molecular weight is 179 g/mol. The first-order chi connectivity index (χ1) is 6.24.